The summed E-state index contributed by atoms with van der Waals surface area (Å²) in [5.41, 5.74) is 16.6. The van der Waals surface area contributed by atoms with Crippen LogP contribution in [0.15, 0.2) is 0 Å². The van der Waals surface area contributed by atoms with Gasteiger partial charge in [0.1, 0.15) is 36.3 Å². The van der Waals surface area contributed by atoms with Gasteiger partial charge in [-0.05, 0) is 49.9 Å². The lowest BCUT2D eigenvalue weighted by atomic mass is 9.99. The molecule has 0 bridgehead atoms. The summed E-state index contributed by atoms with van der Waals surface area (Å²) in [6.45, 7) is 9.63. The number of nitrogens with one attached hydrogen (secondary N) is 8. The van der Waals surface area contributed by atoms with E-state index in [4.69, 9.17) is 27.7 Å². The molecule has 0 spiro atoms. The Morgan fingerprint density at radius 2 is 0.983 bits per heavy atom. The van der Waals surface area contributed by atoms with E-state index < -0.39 is 121 Å². The second-order valence-corrected chi connectivity index (χ2v) is 15.0. The Kier molecular flexibility index (Phi) is 23.8. The number of carbonyl (C=O) groups excluding carboxylic acids is 7. The van der Waals surface area contributed by atoms with Gasteiger partial charge < -0.3 is 69.7 Å². The predicted molar refractivity (Wildman–Crippen MR) is 208 cm³/mol. The number of rotatable bonds is 28. The van der Waals surface area contributed by atoms with Crippen molar-refractivity contribution in [3.05, 3.63) is 0 Å². The normalized spacial score (nSPS) is 14.7. The van der Waals surface area contributed by atoms with E-state index in [2.05, 4.69) is 31.9 Å². The van der Waals surface area contributed by atoms with Crippen LogP contribution in [0.1, 0.15) is 86.5 Å². The largest absolute Gasteiger partial charge is 0.481 e. The summed E-state index contributed by atoms with van der Waals surface area (Å²) in [4.78, 5) is 115. The number of aliphatic carboxylic acids is 2. The maximum absolute atomic E-state index is 13.8. The molecule has 0 heterocycles. The highest BCUT2D eigenvalue weighted by Crippen LogP contribution is 2.12. The molecule has 330 valence electrons. The maximum atomic E-state index is 13.8. The minimum absolute atomic E-state index is 0.000774. The molecule has 0 aromatic heterocycles. The van der Waals surface area contributed by atoms with E-state index in [0.717, 1.165) is 0 Å². The van der Waals surface area contributed by atoms with Crippen molar-refractivity contribution in [1.29, 1.82) is 5.41 Å². The third-order valence-electron chi connectivity index (χ3n) is 8.44. The first-order valence-electron chi connectivity index (χ1n) is 18.9. The summed E-state index contributed by atoms with van der Waals surface area (Å²) in [6, 6.07) is -10.0. The highest BCUT2D eigenvalue weighted by Gasteiger charge is 2.35. The van der Waals surface area contributed by atoms with Gasteiger partial charge in [-0.15, -0.1) is 0 Å². The molecular weight excluding hydrogens is 766 g/mol. The van der Waals surface area contributed by atoms with Crippen LogP contribution in [0, 0.1) is 23.2 Å². The molecule has 17 N–H and O–H groups in total. The van der Waals surface area contributed by atoms with Crippen molar-refractivity contribution in [3.8, 4) is 0 Å². The number of primary amides is 1. The number of hydrogen-bond donors (Lipinski definition) is 14. The summed E-state index contributed by atoms with van der Waals surface area (Å²) in [6.07, 6.45) is -1.50. The molecule has 0 saturated heterocycles. The number of carbonyl (C=O) groups is 9. The minimum atomic E-state index is -1.89. The smallest absolute Gasteiger partial charge is 0.328 e. The summed E-state index contributed by atoms with van der Waals surface area (Å²) >= 11 is 0. The first kappa shape index (κ1) is 52.4. The van der Waals surface area contributed by atoms with Crippen LogP contribution < -0.4 is 54.4 Å². The molecule has 0 fully saturated rings. The van der Waals surface area contributed by atoms with E-state index in [-0.39, 0.29) is 55.9 Å². The van der Waals surface area contributed by atoms with Crippen molar-refractivity contribution in [2.24, 2.45) is 35.0 Å². The van der Waals surface area contributed by atoms with Crippen LogP contribution in [0.4, 0.5) is 0 Å². The molecule has 0 aliphatic heterocycles. The van der Waals surface area contributed by atoms with Gasteiger partial charge >= 0.3 is 11.9 Å². The lowest BCUT2D eigenvalue weighted by Gasteiger charge is -2.28. The number of aliphatic hydroxyl groups is 1. The van der Waals surface area contributed by atoms with Crippen molar-refractivity contribution in [1.82, 2.24) is 37.2 Å². The molecule has 0 aromatic carbocycles. The molecule has 7 amide bonds. The van der Waals surface area contributed by atoms with Gasteiger partial charge in [0, 0.05) is 13.0 Å². The SMILES string of the molecule is CC(C)C[C@H](NC(=O)[C@H](CC(C)C)NC(=O)[C@H](CCCNC(=N)N)NC(=O)[C@@H](N)C(C)C)C(=O)N[C@@H](CCC(N)=O)C(=O)N[C@@H](CC(=O)O)C(=O)N[C@@H](CO)C(=O)O. The summed E-state index contributed by atoms with van der Waals surface area (Å²) < 4.78 is 0. The fourth-order valence-electron chi connectivity index (χ4n) is 5.26. The fraction of sp³-hybridized carbons (Fsp3) is 0.714. The van der Waals surface area contributed by atoms with E-state index in [0.29, 0.717) is 0 Å². The maximum Gasteiger partial charge on any atom is 0.328 e. The van der Waals surface area contributed by atoms with Gasteiger partial charge in [-0.2, -0.15) is 0 Å². The van der Waals surface area contributed by atoms with E-state index in [1.807, 2.05) is 5.32 Å². The second-order valence-electron chi connectivity index (χ2n) is 15.0. The zero-order chi connectivity index (χ0) is 44.9. The van der Waals surface area contributed by atoms with Gasteiger partial charge in [0.2, 0.25) is 41.4 Å². The van der Waals surface area contributed by atoms with Crippen molar-refractivity contribution in [2.45, 2.75) is 129 Å². The number of amides is 7. The molecule has 0 rings (SSSR count). The highest BCUT2D eigenvalue weighted by atomic mass is 16.4. The van der Waals surface area contributed by atoms with Crippen LogP contribution in [-0.2, 0) is 43.2 Å². The Bertz CT molecular complexity index is 1460. The van der Waals surface area contributed by atoms with Crippen LogP contribution >= 0.6 is 0 Å². The van der Waals surface area contributed by atoms with Gasteiger partial charge in [0.25, 0.3) is 0 Å². The molecule has 0 radical (unpaired) electrons. The van der Waals surface area contributed by atoms with Crippen molar-refractivity contribution >= 4 is 59.2 Å². The van der Waals surface area contributed by atoms with Gasteiger partial charge in [-0.3, -0.25) is 43.8 Å². The molecule has 0 aliphatic rings. The summed E-state index contributed by atoms with van der Waals surface area (Å²) in [5, 5.41) is 52.0. The van der Waals surface area contributed by atoms with Crippen LogP contribution in [0.25, 0.3) is 0 Å². The molecule has 23 heteroatoms. The Morgan fingerprint density at radius 3 is 1.38 bits per heavy atom. The van der Waals surface area contributed by atoms with Crippen LogP contribution in [0.2, 0.25) is 0 Å². The average Bonchev–Trinajstić information content (AvgIpc) is 3.10. The fourth-order valence-corrected chi connectivity index (χ4v) is 5.26. The monoisotopic (exact) mass is 829 g/mol. The Morgan fingerprint density at radius 1 is 0.586 bits per heavy atom. The van der Waals surface area contributed by atoms with Crippen LogP contribution in [-0.4, -0.2) is 130 Å². The van der Waals surface area contributed by atoms with E-state index in [1.54, 1.807) is 41.5 Å². The zero-order valence-corrected chi connectivity index (χ0v) is 33.9. The Labute approximate surface area is 337 Å². The van der Waals surface area contributed by atoms with E-state index >= 15 is 0 Å². The molecule has 58 heavy (non-hydrogen) atoms. The quantitative estimate of drug-likeness (QED) is 0.0203. The topological polar surface area (TPSA) is 400 Å². The van der Waals surface area contributed by atoms with Crippen LogP contribution in [0.3, 0.4) is 0 Å². The number of carboxylic acid groups (broad SMARTS) is 2. The number of aliphatic hydroxyl groups excluding tert-OH is 1. The van der Waals surface area contributed by atoms with Gasteiger partial charge in [0.15, 0.2) is 5.96 Å². The number of guanidine groups is 1. The standard InChI is InChI=1S/C35H63N11O12/c1-16(2)12-21(30(53)41-20(9-10-25(36)48)29(52)45-23(14-26(49)50)32(55)46-24(15-47)34(57)58)44-31(54)22(13-17(3)4)43-28(51)19(8-7-11-40-35(38)39)42-33(56)27(37)18(5)6/h16-24,27,47H,7-15,37H2,1-6H3,(H2,36,48)(H,41,53)(H,42,56)(H,43,51)(H,44,54)(H,45,52)(H,46,55)(H,49,50)(H,57,58)(H4,38,39,40)/t19-,20-,21-,22-,23-,24-,27-/m0/s1. The molecular formula is C35H63N11O12. The Hall–Kier alpha value is -5.58. The van der Waals surface area contributed by atoms with Crippen LogP contribution in [0.5, 0.6) is 0 Å². The van der Waals surface area contributed by atoms with Crippen molar-refractivity contribution in [2.75, 3.05) is 13.2 Å². The zero-order valence-electron chi connectivity index (χ0n) is 33.9. The number of nitrogens with two attached hydrogens (primary N) is 3. The van der Waals surface area contributed by atoms with Crippen molar-refractivity contribution < 1.29 is 58.5 Å². The lowest BCUT2D eigenvalue weighted by molar-refractivity contribution is -0.144. The Balaban J connectivity index is 6.45. The first-order valence-corrected chi connectivity index (χ1v) is 18.9. The molecule has 0 aromatic rings. The van der Waals surface area contributed by atoms with Crippen molar-refractivity contribution in [3.63, 3.8) is 0 Å². The van der Waals surface area contributed by atoms with E-state index in [9.17, 15) is 53.4 Å². The van der Waals surface area contributed by atoms with Gasteiger partial charge in [-0.1, -0.05) is 41.5 Å². The third-order valence-corrected chi connectivity index (χ3v) is 8.44. The molecule has 23 nitrogen and oxygen atoms in total. The number of hydrogen-bond acceptors (Lipinski definition) is 12. The molecule has 0 aliphatic carbocycles. The molecule has 7 atom stereocenters. The van der Waals surface area contributed by atoms with E-state index in [1.165, 1.54) is 0 Å². The first-order chi connectivity index (χ1) is 26.9. The third kappa shape index (κ3) is 21.1. The minimum Gasteiger partial charge on any atom is -0.481 e. The van der Waals surface area contributed by atoms with Gasteiger partial charge in [-0.25, -0.2) is 4.79 Å². The number of carboxylic acids is 2. The summed E-state index contributed by atoms with van der Waals surface area (Å²) in [7, 11) is 0. The molecule has 0 unspecified atom stereocenters. The highest BCUT2D eigenvalue weighted by molar-refractivity contribution is 5.98. The second kappa shape index (κ2) is 26.4. The lowest BCUT2D eigenvalue weighted by Crippen LogP contribution is -2.60. The predicted octanol–water partition coefficient (Wildman–Crippen LogP) is -3.95. The molecule has 0 saturated carbocycles. The van der Waals surface area contributed by atoms with Gasteiger partial charge in [0.05, 0.1) is 19.1 Å². The summed E-state index contributed by atoms with van der Waals surface area (Å²) in [5.74, 6) is -10.6. The average molecular weight is 830 g/mol.